The summed E-state index contributed by atoms with van der Waals surface area (Å²) in [5.41, 5.74) is -0.0657. The minimum Gasteiger partial charge on any atom is -0.489 e. The van der Waals surface area contributed by atoms with Gasteiger partial charge in [0.25, 0.3) is 5.91 Å². The van der Waals surface area contributed by atoms with Gasteiger partial charge in [-0.1, -0.05) is 18.2 Å². The van der Waals surface area contributed by atoms with Gasteiger partial charge in [-0.15, -0.1) is 11.3 Å². The SMILES string of the molecule is O=C(Nc1cnn(Cc2c(F)c(F)c(F)c(F)c2F)c1)c1cc(COc2ccccc2)cs1. The topological polar surface area (TPSA) is 56.2 Å². The summed E-state index contributed by atoms with van der Waals surface area (Å²) in [6, 6.07) is 10.8. The Labute approximate surface area is 188 Å². The molecule has 11 heteroatoms. The molecule has 0 radical (unpaired) electrons. The van der Waals surface area contributed by atoms with Gasteiger partial charge in [-0.3, -0.25) is 9.48 Å². The third-order valence-electron chi connectivity index (χ3n) is 4.54. The molecule has 4 rings (SSSR count). The van der Waals surface area contributed by atoms with Crippen LogP contribution in [-0.2, 0) is 13.2 Å². The van der Waals surface area contributed by atoms with E-state index in [1.807, 2.05) is 30.3 Å². The number of thiophene rings is 1. The second-order valence-corrected chi connectivity index (χ2v) is 7.76. The number of rotatable bonds is 7. The lowest BCUT2D eigenvalue weighted by Gasteiger charge is -2.08. The number of para-hydroxylation sites is 1. The van der Waals surface area contributed by atoms with Crippen molar-refractivity contribution in [3.63, 3.8) is 0 Å². The van der Waals surface area contributed by atoms with Crippen LogP contribution in [0.4, 0.5) is 27.6 Å². The first kappa shape index (κ1) is 22.5. The van der Waals surface area contributed by atoms with Gasteiger partial charge >= 0.3 is 0 Å². The average Bonchev–Trinajstić information content (AvgIpc) is 3.48. The number of carbonyl (C=O) groups excluding carboxylic acids is 1. The molecule has 0 aliphatic rings. The van der Waals surface area contributed by atoms with E-state index in [1.54, 1.807) is 11.4 Å². The molecule has 170 valence electrons. The van der Waals surface area contributed by atoms with E-state index in [4.69, 9.17) is 4.74 Å². The summed E-state index contributed by atoms with van der Waals surface area (Å²) in [6.45, 7) is -0.449. The van der Waals surface area contributed by atoms with E-state index in [0.717, 1.165) is 10.2 Å². The van der Waals surface area contributed by atoms with Crippen LogP contribution in [0.15, 0.2) is 54.2 Å². The van der Waals surface area contributed by atoms with Gasteiger partial charge in [-0.05, 0) is 23.6 Å². The number of nitrogens with zero attached hydrogens (tertiary/aromatic N) is 2. The maximum atomic E-state index is 13.9. The third kappa shape index (κ3) is 4.87. The lowest BCUT2D eigenvalue weighted by atomic mass is 10.1. The minimum absolute atomic E-state index is 0.180. The Kier molecular flexibility index (Phi) is 6.40. The zero-order chi connectivity index (χ0) is 23.5. The van der Waals surface area contributed by atoms with Crippen LogP contribution in [-0.4, -0.2) is 15.7 Å². The Bertz CT molecular complexity index is 1280. The molecule has 0 saturated heterocycles. The molecule has 0 aliphatic heterocycles. The van der Waals surface area contributed by atoms with Crippen molar-refractivity contribution >= 4 is 22.9 Å². The zero-order valence-corrected chi connectivity index (χ0v) is 17.4. The molecule has 0 spiro atoms. The van der Waals surface area contributed by atoms with E-state index in [1.165, 1.54) is 23.7 Å². The van der Waals surface area contributed by atoms with Gasteiger partial charge in [0.05, 0.1) is 28.9 Å². The highest BCUT2D eigenvalue weighted by molar-refractivity contribution is 7.12. The molecule has 0 aliphatic carbocycles. The Morgan fingerprint density at radius 2 is 1.67 bits per heavy atom. The Balaban J connectivity index is 1.40. The fourth-order valence-corrected chi connectivity index (χ4v) is 3.70. The quantitative estimate of drug-likeness (QED) is 0.216. The summed E-state index contributed by atoms with van der Waals surface area (Å²) in [6.07, 6.45) is 2.40. The summed E-state index contributed by atoms with van der Waals surface area (Å²) in [4.78, 5) is 12.8. The maximum absolute atomic E-state index is 13.9. The number of aromatic nitrogens is 2. The third-order valence-corrected chi connectivity index (χ3v) is 5.52. The number of halogens is 5. The van der Waals surface area contributed by atoms with E-state index >= 15 is 0 Å². The number of amides is 1. The molecule has 0 unspecified atom stereocenters. The number of benzene rings is 2. The van der Waals surface area contributed by atoms with E-state index in [2.05, 4.69) is 10.4 Å². The van der Waals surface area contributed by atoms with E-state index < -0.39 is 47.1 Å². The van der Waals surface area contributed by atoms with Crippen LogP contribution in [0.1, 0.15) is 20.8 Å². The van der Waals surface area contributed by atoms with Gasteiger partial charge in [0, 0.05) is 11.8 Å². The van der Waals surface area contributed by atoms with Gasteiger partial charge in [0.2, 0.25) is 5.82 Å². The van der Waals surface area contributed by atoms with Crippen LogP contribution in [0.2, 0.25) is 0 Å². The first-order valence-corrected chi connectivity index (χ1v) is 10.3. The smallest absolute Gasteiger partial charge is 0.265 e. The molecular weight excluding hydrogens is 465 g/mol. The first-order chi connectivity index (χ1) is 15.8. The first-order valence-electron chi connectivity index (χ1n) is 9.43. The highest BCUT2D eigenvalue weighted by Gasteiger charge is 2.26. The molecule has 0 saturated carbocycles. The van der Waals surface area contributed by atoms with Crippen molar-refractivity contribution in [1.29, 1.82) is 0 Å². The highest BCUT2D eigenvalue weighted by Crippen LogP contribution is 2.24. The Morgan fingerprint density at radius 1 is 1.00 bits per heavy atom. The second kappa shape index (κ2) is 9.41. The normalized spacial score (nSPS) is 10.9. The van der Waals surface area contributed by atoms with Gasteiger partial charge in [-0.2, -0.15) is 5.10 Å². The van der Waals surface area contributed by atoms with Crippen molar-refractivity contribution in [3.8, 4) is 5.75 Å². The fourth-order valence-electron chi connectivity index (χ4n) is 2.91. The van der Waals surface area contributed by atoms with E-state index in [0.29, 0.717) is 10.6 Å². The molecule has 0 bridgehead atoms. The van der Waals surface area contributed by atoms with Crippen LogP contribution in [0, 0.1) is 29.1 Å². The molecule has 5 nitrogen and oxygen atoms in total. The summed E-state index contributed by atoms with van der Waals surface area (Å²) in [5.74, 6) is -9.93. The average molecular weight is 479 g/mol. The molecule has 1 N–H and O–H groups in total. The maximum Gasteiger partial charge on any atom is 0.265 e. The zero-order valence-electron chi connectivity index (χ0n) is 16.6. The van der Waals surface area contributed by atoms with Crippen molar-refractivity contribution in [3.05, 3.63) is 99.3 Å². The van der Waals surface area contributed by atoms with Crippen LogP contribution in [0.25, 0.3) is 0 Å². The van der Waals surface area contributed by atoms with Crippen LogP contribution in [0.3, 0.4) is 0 Å². The van der Waals surface area contributed by atoms with Gasteiger partial charge < -0.3 is 10.1 Å². The van der Waals surface area contributed by atoms with Crippen LogP contribution in [0.5, 0.6) is 5.75 Å². The monoisotopic (exact) mass is 479 g/mol. The van der Waals surface area contributed by atoms with Crippen molar-refractivity contribution in [2.24, 2.45) is 0 Å². The fraction of sp³-hybridized carbons (Fsp3) is 0.0909. The molecule has 0 atom stereocenters. The molecule has 1 amide bonds. The number of hydrogen-bond donors (Lipinski definition) is 1. The van der Waals surface area contributed by atoms with Gasteiger partial charge in [0.1, 0.15) is 12.4 Å². The highest BCUT2D eigenvalue weighted by atomic mass is 32.1. The van der Waals surface area contributed by atoms with Crippen LogP contribution >= 0.6 is 11.3 Å². The summed E-state index contributed by atoms with van der Waals surface area (Å²) in [7, 11) is 0. The Morgan fingerprint density at radius 3 is 2.36 bits per heavy atom. The summed E-state index contributed by atoms with van der Waals surface area (Å²) >= 11 is 1.19. The molecule has 4 aromatic rings. The van der Waals surface area contributed by atoms with Crippen molar-refractivity contribution in [1.82, 2.24) is 9.78 Å². The number of hydrogen-bond acceptors (Lipinski definition) is 4. The molecular formula is C22H14F5N3O2S. The van der Waals surface area contributed by atoms with E-state index in [-0.39, 0.29) is 12.3 Å². The standard InChI is InChI=1S/C22H14F5N3O2S/c23-17-15(18(24)20(26)21(27)19(17)25)9-30-8-13(7-28-30)29-22(31)16-6-12(11-33-16)10-32-14-4-2-1-3-5-14/h1-8,11H,9-10H2,(H,29,31). The van der Waals surface area contributed by atoms with Gasteiger partial charge in [-0.25, -0.2) is 22.0 Å². The van der Waals surface area contributed by atoms with Crippen molar-refractivity contribution < 1.29 is 31.5 Å². The van der Waals surface area contributed by atoms with Crippen molar-refractivity contribution in [2.45, 2.75) is 13.2 Å². The molecule has 33 heavy (non-hydrogen) atoms. The van der Waals surface area contributed by atoms with Crippen molar-refractivity contribution in [2.75, 3.05) is 5.32 Å². The molecule has 0 fully saturated rings. The largest absolute Gasteiger partial charge is 0.489 e. The predicted octanol–water partition coefficient (Wildman–Crippen LogP) is 5.52. The lowest BCUT2D eigenvalue weighted by molar-refractivity contribution is 0.103. The number of nitrogens with one attached hydrogen (secondary N) is 1. The van der Waals surface area contributed by atoms with Crippen LogP contribution < -0.4 is 10.1 Å². The summed E-state index contributed by atoms with van der Waals surface area (Å²) in [5, 5.41) is 8.14. The number of carbonyl (C=O) groups is 1. The molecule has 2 aromatic carbocycles. The second-order valence-electron chi connectivity index (χ2n) is 6.85. The van der Waals surface area contributed by atoms with E-state index in [9.17, 15) is 26.7 Å². The number of ether oxygens (including phenoxy) is 1. The minimum atomic E-state index is -2.23. The number of anilines is 1. The summed E-state index contributed by atoms with van der Waals surface area (Å²) < 4.78 is 74.2. The Hall–Kier alpha value is -3.73. The molecule has 2 aromatic heterocycles. The predicted molar refractivity (Wildman–Crippen MR) is 111 cm³/mol. The molecule has 2 heterocycles. The lowest BCUT2D eigenvalue weighted by Crippen LogP contribution is -2.12. The van der Waals surface area contributed by atoms with Gasteiger partial charge in [0.15, 0.2) is 23.3 Å².